The van der Waals surface area contributed by atoms with Gasteiger partial charge >= 0.3 is 0 Å². The van der Waals surface area contributed by atoms with Crippen molar-refractivity contribution >= 4 is 11.8 Å². The van der Waals surface area contributed by atoms with Crippen LogP contribution in [-0.2, 0) is 16.0 Å². The molecule has 0 heterocycles. The first-order valence-corrected chi connectivity index (χ1v) is 7.99. The molecule has 1 aromatic carbocycles. The summed E-state index contributed by atoms with van der Waals surface area (Å²) in [5, 5.41) is 5.77. The van der Waals surface area contributed by atoms with Crippen LogP contribution in [0.2, 0.25) is 0 Å². The minimum absolute atomic E-state index is 0.0385. The molecule has 0 spiro atoms. The maximum absolute atomic E-state index is 12.3. The summed E-state index contributed by atoms with van der Waals surface area (Å²) in [6.45, 7) is 8.14. The van der Waals surface area contributed by atoms with Gasteiger partial charge in [-0.25, -0.2) is 0 Å². The molecule has 0 radical (unpaired) electrons. The molecule has 122 valence electrons. The Labute approximate surface area is 133 Å². The van der Waals surface area contributed by atoms with E-state index in [1.807, 2.05) is 32.0 Å². The summed E-state index contributed by atoms with van der Waals surface area (Å²) in [4.78, 5) is 23.1. The standard InChI is InChI=1S/C18H28N2O2/c1-13(12-17-8-6-5-7-9-17)15(3)18(22)20-14(2)10-11-19-16(4)21/h5-9,13-15H,10-12H2,1-4H3,(H,19,21)(H,20,22). The summed E-state index contributed by atoms with van der Waals surface area (Å²) in [6, 6.07) is 10.3. The molecule has 1 aromatic rings. The van der Waals surface area contributed by atoms with Gasteiger partial charge < -0.3 is 10.6 Å². The van der Waals surface area contributed by atoms with Crippen molar-refractivity contribution in [1.29, 1.82) is 0 Å². The second kappa shape index (κ2) is 9.23. The molecular formula is C18H28N2O2. The van der Waals surface area contributed by atoms with E-state index in [1.165, 1.54) is 12.5 Å². The molecule has 4 nitrogen and oxygen atoms in total. The van der Waals surface area contributed by atoms with Crippen molar-refractivity contribution in [3.63, 3.8) is 0 Å². The van der Waals surface area contributed by atoms with E-state index in [0.29, 0.717) is 6.54 Å². The van der Waals surface area contributed by atoms with Crippen LogP contribution in [0, 0.1) is 11.8 Å². The Morgan fingerprint density at radius 1 is 1.09 bits per heavy atom. The number of carbonyl (C=O) groups is 2. The fourth-order valence-corrected chi connectivity index (χ4v) is 2.33. The maximum Gasteiger partial charge on any atom is 0.223 e. The van der Waals surface area contributed by atoms with E-state index in [1.54, 1.807) is 0 Å². The average molecular weight is 304 g/mol. The van der Waals surface area contributed by atoms with Gasteiger partial charge in [0.1, 0.15) is 0 Å². The molecule has 0 aliphatic rings. The van der Waals surface area contributed by atoms with Crippen LogP contribution < -0.4 is 10.6 Å². The van der Waals surface area contributed by atoms with Crippen molar-refractivity contribution < 1.29 is 9.59 Å². The monoisotopic (exact) mass is 304 g/mol. The van der Waals surface area contributed by atoms with Crippen molar-refractivity contribution in [2.75, 3.05) is 6.54 Å². The van der Waals surface area contributed by atoms with Gasteiger partial charge in [0.15, 0.2) is 0 Å². The minimum atomic E-state index is -0.0385. The van der Waals surface area contributed by atoms with Gasteiger partial charge in [-0.3, -0.25) is 9.59 Å². The number of amides is 2. The summed E-state index contributed by atoms with van der Waals surface area (Å²) < 4.78 is 0. The fraction of sp³-hybridized carbons (Fsp3) is 0.556. The van der Waals surface area contributed by atoms with Crippen LogP contribution in [0.1, 0.15) is 39.7 Å². The summed E-state index contributed by atoms with van der Waals surface area (Å²) in [5.41, 5.74) is 1.26. The van der Waals surface area contributed by atoms with Gasteiger partial charge in [0.25, 0.3) is 0 Å². The van der Waals surface area contributed by atoms with Crippen molar-refractivity contribution in [1.82, 2.24) is 10.6 Å². The van der Waals surface area contributed by atoms with Gasteiger partial charge in [0.05, 0.1) is 0 Å². The molecule has 22 heavy (non-hydrogen) atoms. The van der Waals surface area contributed by atoms with Crippen molar-refractivity contribution in [3.05, 3.63) is 35.9 Å². The Morgan fingerprint density at radius 2 is 1.73 bits per heavy atom. The predicted octanol–water partition coefficient (Wildman–Crippen LogP) is 2.53. The molecule has 3 atom stereocenters. The molecular weight excluding hydrogens is 276 g/mol. The Bertz CT molecular complexity index is 473. The topological polar surface area (TPSA) is 58.2 Å². The highest BCUT2D eigenvalue weighted by atomic mass is 16.2. The molecule has 0 saturated heterocycles. The van der Waals surface area contributed by atoms with E-state index >= 15 is 0 Å². The highest BCUT2D eigenvalue weighted by Gasteiger charge is 2.21. The van der Waals surface area contributed by atoms with E-state index in [9.17, 15) is 9.59 Å². The van der Waals surface area contributed by atoms with Gasteiger partial charge in [-0.05, 0) is 31.2 Å². The van der Waals surface area contributed by atoms with E-state index in [4.69, 9.17) is 0 Å². The lowest BCUT2D eigenvalue weighted by Crippen LogP contribution is -2.40. The van der Waals surface area contributed by atoms with Gasteiger partial charge in [-0.1, -0.05) is 44.2 Å². The van der Waals surface area contributed by atoms with Crippen LogP contribution in [0.25, 0.3) is 0 Å². The lowest BCUT2D eigenvalue weighted by molar-refractivity contribution is -0.126. The van der Waals surface area contributed by atoms with Crippen LogP contribution >= 0.6 is 0 Å². The van der Waals surface area contributed by atoms with E-state index in [0.717, 1.165) is 12.8 Å². The van der Waals surface area contributed by atoms with E-state index in [-0.39, 0.29) is 29.7 Å². The summed E-state index contributed by atoms with van der Waals surface area (Å²) >= 11 is 0. The molecule has 4 heteroatoms. The molecule has 0 bridgehead atoms. The number of benzene rings is 1. The zero-order valence-corrected chi connectivity index (χ0v) is 14.1. The Kier molecular flexibility index (Phi) is 7.64. The highest BCUT2D eigenvalue weighted by molar-refractivity contribution is 5.78. The summed E-state index contributed by atoms with van der Waals surface area (Å²) in [7, 11) is 0. The van der Waals surface area contributed by atoms with Crippen LogP contribution in [0.3, 0.4) is 0 Å². The normalized spacial score (nSPS) is 14.7. The van der Waals surface area contributed by atoms with Gasteiger partial charge in [0, 0.05) is 25.4 Å². The zero-order chi connectivity index (χ0) is 16.5. The SMILES string of the molecule is CC(=O)NCCC(C)NC(=O)C(C)C(C)Cc1ccccc1. The molecule has 0 saturated carbocycles. The largest absolute Gasteiger partial charge is 0.356 e. The zero-order valence-electron chi connectivity index (χ0n) is 14.1. The molecule has 0 fully saturated rings. The maximum atomic E-state index is 12.3. The lowest BCUT2D eigenvalue weighted by Gasteiger charge is -2.22. The summed E-state index contributed by atoms with van der Waals surface area (Å²) in [5.74, 6) is 0.288. The Hall–Kier alpha value is -1.84. The fourth-order valence-electron chi connectivity index (χ4n) is 2.33. The van der Waals surface area contributed by atoms with Gasteiger partial charge in [-0.15, -0.1) is 0 Å². The molecule has 2 N–H and O–H groups in total. The predicted molar refractivity (Wildman–Crippen MR) is 89.4 cm³/mol. The number of nitrogens with one attached hydrogen (secondary N) is 2. The minimum Gasteiger partial charge on any atom is -0.356 e. The quantitative estimate of drug-likeness (QED) is 0.775. The van der Waals surface area contributed by atoms with Crippen LogP contribution in [0.15, 0.2) is 30.3 Å². The Morgan fingerprint density at radius 3 is 2.32 bits per heavy atom. The van der Waals surface area contributed by atoms with Crippen molar-refractivity contribution in [2.24, 2.45) is 11.8 Å². The van der Waals surface area contributed by atoms with Crippen LogP contribution in [-0.4, -0.2) is 24.4 Å². The van der Waals surface area contributed by atoms with Crippen molar-refractivity contribution in [3.8, 4) is 0 Å². The van der Waals surface area contributed by atoms with Crippen molar-refractivity contribution in [2.45, 2.75) is 46.6 Å². The summed E-state index contributed by atoms with van der Waals surface area (Å²) in [6.07, 6.45) is 1.64. The molecule has 3 unspecified atom stereocenters. The third kappa shape index (κ3) is 6.74. The highest BCUT2D eigenvalue weighted by Crippen LogP contribution is 2.17. The van der Waals surface area contributed by atoms with Gasteiger partial charge in [-0.2, -0.15) is 0 Å². The number of hydrogen-bond donors (Lipinski definition) is 2. The Balaban J connectivity index is 2.38. The first-order chi connectivity index (χ1) is 10.4. The third-order valence-electron chi connectivity index (χ3n) is 4.01. The smallest absolute Gasteiger partial charge is 0.223 e. The van der Waals surface area contributed by atoms with E-state index in [2.05, 4.69) is 29.7 Å². The molecule has 0 aromatic heterocycles. The lowest BCUT2D eigenvalue weighted by atomic mass is 9.89. The average Bonchev–Trinajstić information content (AvgIpc) is 2.46. The van der Waals surface area contributed by atoms with Crippen LogP contribution in [0.4, 0.5) is 0 Å². The first kappa shape index (κ1) is 18.2. The van der Waals surface area contributed by atoms with Crippen LogP contribution in [0.5, 0.6) is 0 Å². The second-order valence-corrected chi connectivity index (χ2v) is 6.14. The molecule has 0 aliphatic carbocycles. The van der Waals surface area contributed by atoms with Gasteiger partial charge in [0.2, 0.25) is 11.8 Å². The number of hydrogen-bond acceptors (Lipinski definition) is 2. The third-order valence-corrected chi connectivity index (χ3v) is 4.01. The molecule has 2 amide bonds. The second-order valence-electron chi connectivity index (χ2n) is 6.14. The molecule has 1 rings (SSSR count). The van der Waals surface area contributed by atoms with E-state index < -0.39 is 0 Å². The first-order valence-electron chi connectivity index (χ1n) is 7.99. The number of carbonyl (C=O) groups excluding carboxylic acids is 2. The number of rotatable bonds is 8. The molecule has 0 aliphatic heterocycles.